The molecule has 3 aromatic carbocycles. The third kappa shape index (κ3) is 4.39. The van der Waals surface area contributed by atoms with Crippen LogP contribution >= 0.6 is 0 Å². The van der Waals surface area contributed by atoms with Gasteiger partial charge in [-0.2, -0.15) is 0 Å². The molecular formula is C23H22N4O3S. The van der Waals surface area contributed by atoms with E-state index in [0.29, 0.717) is 17.1 Å². The second-order valence-electron chi connectivity index (χ2n) is 7.23. The first kappa shape index (κ1) is 20.5. The molecule has 0 saturated carbocycles. The largest absolute Gasteiger partial charge is 0.359 e. The number of para-hydroxylation sites is 1. The molecule has 8 heteroatoms. The van der Waals surface area contributed by atoms with Gasteiger partial charge in [0, 0.05) is 23.0 Å². The highest BCUT2D eigenvalue weighted by atomic mass is 32.2. The Balaban J connectivity index is 1.49. The van der Waals surface area contributed by atoms with E-state index in [2.05, 4.69) is 20.3 Å². The molecule has 4 N–H and O–H groups in total. The fourth-order valence-electron chi connectivity index (χ4n) is 3.44. The van der Waals surface area contributed by atoms with Crippen molar-refractivity contribution < 1.29 is 13.2 Å². The van der Waals surface area contributed by atoms with Crippen LogP contribution in [0.1, 0.15) is 11.1 Å². The molecule has 0 spiro atoms. The highest BCUT2D eigenvalue weighted by molar-refractivity contribution is 7.92. The standard InChI is InChI=1S/C23H22N4O3S/c1-15-8-13-20(22-21(15)16(2)14-24-22)27-31(29,30)19-11-9-18(10-12-19)26-23(28)25-17-6-4-3-5-7-17/h3-14,24,27H,1-2H3,(H2,25,26,28). The van der Waals surface area contributed by atoms with Gasteiger partial charge in [-0.15, -0.1) is 0 Å². The summed E-state index contributed by atoms with van der Waals surface area (Å²) in [5.41, 5.74) is 4.49. The van der Waals surface area contributed by atoms with E-state index < -0.39 is 16.1 Å². The molecule has 0 radical (unpaired) electrons. The van der Waals surface area contributed by atoms with Crippen LogP contribution in [0.3, 0.4) is 0 Å². The van der Waals surface area contributed by atoms with Gasteiger partial charge >= 0.3 is 6.03 Å². The van der Waals surface area contributed by atoms with Gasteiger partial charge in [-0.05, 0) is 67.4 Å². The lowest BCUT2D eigenvalue weighted by molar-refractivity contribution is 0.262. The molecule has 4 aromatic rings. The molecule has 0 unspecified atom stereocenters. The van der Waals surface area contributed by atoms with E-state index in [1.807, 2.05) is 44.3 Å². The molecule has 4 rings (SSSR count). The van der Waals surface area contributed by atoms with Crippen molar-refractivity contribution >= 4 is 44.0 Å². The first-order valence-electron chi connectivity index (χ1n) is 9.67. The van der Waals surface area contributed by atoms with Crippen LogP contribution in [0, 0.1) is 13.8 Å². The molecular weight excluding hydrogens is 412 g/mol. The number of H-pyrrole nitrogens is 1. The van der Waals surface area contributed by atoms with Crippen molar-refractivity contribution in [3.8, 4) is 0 Å². The smallest absolute Gasteiger partial charge is 0.323 e. The minimum absolute atomic E-state index is 0.0959. The number of urea groups is 1. The monoisotopic (exact) mass is 434 g/mol. The van der Waals surface area contributed by atoms with Crippen molar-refractivity contribution in [2.24, 2.45) is 0 Å². The average Bonchev–Trinajstić information content (AvgIpc) is 3.14. The van der Waals surface area contributed by atoms with Crippen LogP contribution in [0.2, 0.25) is 0 Å². The van der Waals surface area contributed by atoms with Gasteiger partial charge in [-0.3, -0.25) is 4.72 Å². The van der Waals surface area contributed by atoms with Gasteiger partial charge < -0.3 is 15.6 Å². The zero-order valence-electron chi connectivity index (χ0n) is 17.1. The minimum atomic E-state index is -3.80. The third-order valence-electron chi connectivity index (χ3n) is 4.94. The zero-order valence-corrected chi connectivity index (χ0v) is 17.9. The Hall–Kier alpha value is -3.78. The van der Waals surface area contributed by atoms with Gasteiger partial charge in [0.15, 0.2) is 0 Å². The number of anilines is 3. The molecule has 31 heavy (non-hydrogen) atoms. The van der Waals surface area contributed by atoms with Crippen molar-refractivity contribution in [3.63, 3.8) is 0 Å². The molecule has 0 aliphatic rings. The second kappa shape index (κ2) is 8.16. The number of carbonyl (C=O) groups is 1. The summed E-state index contributed by atoms with van der Waals surface area (Å²) in [5, 5.41) is 6.39. The van der Waals surface area contributed by atoms with E-state index >= 15 is 0 Å². The van der Waals surface area contributed by atoms with Crippen LogP contribution in [0.4, 0.5) is 21.9 Å². The Labute approximate surface area is 180 Å². The van der Waals surface area contributed by atoms with Crippen LogP contribution < -0.4 is 15.4 Å². The van der Waals surface area contributed by atoms with Crippen molar-refractivity contribution in [2.75, 3.05) is 15.4 Å². The van der Waals surface area contributed by atoms with Crippen LogP contribution in [-0.2, 0) is 10.0 Å². The maximum absolute atomic E-state index is 12.9. The number of sulfonamides is 1. The SMILES string of the molecule is Cc1ccc(NS(=O)(=O)c2ccc(NC(=O)Nc3ccccc3)cc2)c2[nH]cc(C)c12. The molecule has 2 amide bonds. The number of amides is 2. The first-order chi connectivity index (χ1) is 14.8. The summed E-state index contributed by atoms with van der Waals surface area (Å²) >= 11 is 0. The van der Waals surface area contributed by atoms with Gasteiger partial charge in [0.05, 0.1) is 16.1 Å². The number of nitrogens with one attached hydrogen (secondary N) is 4. The van der Waals surface area contributed by atoms with Crippen LogP contribution in [0.5, 0.6) is 0 Å². The average molecular weight is 435 g/mol. The van der Waals surface area contributed by atoms with Gasteiger partial charge in [-0.25, -0.2) is 13.2 Å². The number of hydrogen-bond donors (Lipinski definition) is 4. The van der Waals surface area contributed by atoms with Crippen molar-refractivity contribution in [1.82, 2.24) is 4.98 Å². The summed E-state index contributed by atoms with van der Waals surface area (Å²) in [5.74, 6) is 0. The van der Waals surface area contributed by atoms with Crippen LogP contribution in [0.15, 0.2) is 77.8 Å². The van der Waals surface area contributed by atoms with E-state index in [4.69, 9.17) is 0 Å². The molecule has 0 fully saturated rings. The Bertz CT molecular complexity index is 1350. The van der Waals surface area contributed by atoms with E-state index in [1.165, 1.54) is 12.1 Å². The third-order valence-corrected chi connectivity index (χ3v) is 6.32. The molecule has 0 bridgehead atoms. The number of aromatic nitrogens is 1. The molecule has 1 heterocycles. The van der Waals surface area contributed by atoms with Crippen molar-refractivity contribution in [2.45, 2.75) is 18.7 Å². The van der Waals surface area contributed by atoms with E-state index in [1.54, 1.807) is 30.3 Å². The van der Waals surface area contributed by atoms with E-state index in [9.17, 15) is 13.2 Å². The van der Waals surface area contributed by atoms with Gasteiger partial charge in [0.1, 0.15) is 0 Å². The Morgan fingerprint density at radius 2 is 1.45 bits per heavy atom. The maximum Gasteiger partial charge on any atom is 0.323 e. The van der Waals surface area contributed by atoms with Gasteiger partial charge in [0.25, 0.3) is 10.0 Å². The number of aryl methyl sites for hydroxylation is 2. The number of aromatic amines is 1. The topological polar surface area (TPSA) is 103 Å². The molecule has 0 saturated heterocycles. The molecule has 158 valence electrons. The van der Waals surface area contributed by atoms with Gasteiger partial charge in [-0.1, -0.05) is 24.3 Å². The molecule has 0 aliphatic carbocycles. The predicted octanol–water partition coefficient (Wildman–Crippen LogP) is 5.23. The fraction of sp³-hybridized carbons (Fsp3) is 0.0870. The second-order valence-corrected chi connectivity index (χ2v) is 8.91. The molecule has 0 aliphatic heterocycles. The highest BCUT2D eigenvalue weighted by Gasteiger charge is 2.17. The summed E-state index contributed by atoms with van der Waals surface area (Å²) in [6.45, 7) is 3.96. The number of hydrogen-bond acceptors (Lipinski definition) is 3. The first-order valence-corrected chi connectivity index (χ1v) is 11.1. The van der Waals surface area contributed by atoms with Gasteiger partial charge in [0.2, 0.25) is 0 Å². The zero-order chi connectivity index (χ0) is 22.0. The Morgan fingerprint density at radius 1 is 0.806 bits per heavy atom. The lowest BCUT2D eigenvalue weighted by Gasteiger charge is -2.12. The normalized spacial score (nSPS) is 11.3. The minimum Gasteiger partial charge on any atom is -0.359 e. The Kier molecular flexibility index (Phi) is 5.39. The lowest BCUT2D eigenvalue weighted by Crippen LogP contribution is -2.19. The fourth-order valence-corrected chi connectivity index (χ4v) is 4.51. The summed E-state index contributed by atoms with van der Waals surface area (Å²) in [6, 6.07) is 18.2. The number of carbonyl (C=O) groups excluding carboxylic acids is 1. The summed E-state index contributed by atoms with van der Waals surface area (Å²) in [7, 11) is -3.80. The highest BCUT2D eigenvalue weighted by Crippen LogP contribution is 2.30. The summed E-state index contributed by atoms with van der Waals surface area (Å²) < 4.78 is 28.4. The van der Waals surface area contributed by atoms with E-state index in [0.717, 1.165) is 22.0 Å². The number of fused-ring (bicyclic) bond motifs is 1. The summed E-state index contributed by atoms with van der Waals surface area (Å²) in [4.78, 5) is 15.3. The molecule has 1 aromatic heterocycles. The lowest BCUT2D eigenvalue weighted by atomic mass is 10.1. The quantitative estimate of drug-likeness (QED) is 0.346. The summed E-state index contributed by atoms with van der Waals surface area (Å²) in [6.07, 6.45) is 1.86. The predicted molar refractivity (Wildman–Crippen MR) is 124 cm³/mol. The molecule has 7 nitrogen and oxygen atoms in total. The van der Waals surface area contributed by atoms with E-state index in [-0.39, 0.29) is 4.90 Å². The van der Waals surface area contributed by atoms with Crippen LogP contribution in [-0.4, -0.2) is 19.4 Å². The Morgan fingerprint density at radius 3 is 2.13 bits per heavy atom. The van der Waals surface area contributed by atoms with Crippen molar-refractivity contribution in [1.29, 1.82) is 0 Å². The molecule has 0 atom stereocenters. The number of rotatable bonds is 5. The van der Waals surface area contributed by atoms with Crippen LogP contribution in [0.25, 0.3) is 10.9 Å². The number of benzene rings is 3. The van der Waals surface area contributed by atoms with Crippen molar-refractivity contribution in [3.05, 3.63) is 84.1 Å². The maximum atomic E-state index is 12.9.